The van der Waals surface area contributed by atoms with Crippen LogP contribution in [0.25, 0.3) is 0 Å². The highest BCUT2D eigenvalue weighted by Gasteiger charge is 2.20. The van der Waals surface area contributed by atoms with Gasteiger partial charge in [-0.2, -0.15) is 0 Å². The van der Waals surface area contributed by atoms with Crippen molar-refractivity contribution in [3.63, 3.8) is 0 Å². The summed E-state index contributed by atoms with van der Waals surface area (Å²) in [6.07, 6.45) is 43.0. The molecular weight excluding hydrogens is 622 g/mol. The Morgan fingerprint density at radius 1 is 0.540 bits per heavy atom. The van der Waals surface area contributed by atoms with Gasteiger partial charge in [0, 0.05) is 12.8 Å². The van der Waals surface area contributed by atoms with Crippen LogP contribution < -0.4 is 5.32 Å². The maximum absolute atomic E-state index is 12.4. The van der Waals surface area contributed by atoms with E-state index >= 15 is 0 Å². The van der Waals surface area contributed by atoms with Crippen molar-refractivity contribution in [1.29, 1.82) is 0 Å². The minimum atomic E-state index is -0.679. The average Bonchev–Trinajstić information content (AvgIpc) is 3.11. The number of aliphatic hydroxyl groups is 2. The number of nitrogens with one attached hydrogen (secondary N) is 1. The molecule has 0 aromatic rings. The molecule has 0 aliphatic heterocycles. The molecule has 0 aromatic carbocycles. The minimum absolute atomic E-state index is 0.0365. The zero-order valence-corrected chi connectivity index (χ0v) is 33.4. The molecule has 6 nitrogen and oxygen atoms in total. The first kappa shape index (κ1) is 48.6. The molecule has 0 spiro atoms. The van der Waals surface area contributed by atoms with Gasteiger partial charge in [-0.25, -0.2) is 0 Å². The summed E-state index contributed by atoms with van der Waals surface area (Å²) in [5.74, 6) is -0.101. The van der Waals surface area contributed by atoms with Gasteiger partial charge < -0.3 is 20.3 Å². The Kier molecular flexibility index (Phi) is 39.2. The number of hydrogen-bond acceptors (Lipinski definition) is 5. The second-order valence-electron chi connectivity index (χ2n) is 15.0. The number of rotatable bonds is 40. The number of carbonyl (C=O) groups is 2. The summed E-state index contributed by atoms with van der Waals surface area (Å²) in [4.78, 5) is 24.3. The van der Waals surface area contributed by atoms with Crippen molar-refractivity contribution in [3.8, 4) is 0 Å². The van der Waals surface area contributed by atoms with E-state index in [4.69, 9.17) is 4.74 Å². The first-order valence-corrected chi connectivity index (χ1v) is 21.9. The Bertz CT molecular complexity index is 742. The molecule has 3 N–H and O–H groups in total. The van der Waals surface area contributed by atoms with Gasteiger partial charge in [0.2, 0.25) is 5.91 Å². The predicted octanol–water partition coefficient (Wildman–Crippen LogP) is 12.2. The Morgan fingerprint density at radius 3 is 1.48 bits per heavy atom. The topological polar surface area (TPSA) is 95.9 Å². The highest BCUT2D eigenvalue weighted by atomic mass is 16.5. The Morgan fingerprint density at radius 2 is 0.960 bits per heavy atom. The fraction of sp³-hybridized carbons (Fsp3) is 0.909. The second kappa shape index (κ2) is 40.4. The molecular formula is C44H85NO5. The lowest BCUT2D eigenvalue weighted by molar-refractivity contribution is -0.143. The van der Waals surface area contributed by atoms with E-state index in [-0.39, 0.29) is 18.5 Å². The third kappa shape index (κ3) is 36.4. The van der Waals surface area contributed by atoms with E-state index in [9.17, 15) is 19.8 Å². The SMILES string of the molecule is CCCC/C=C\CCCCCCCC(=O)OCCCCCCCCCCCC(=O)NC(CO)C(O)CCCCCCCCCCCCCCC. The highest BCUT2D eigenvalue weighted by Crippen LogP contribution is 2.15. The summed E-state index contributed by atoms with van der Waals surface area (Å²) < 4.78 is 5.41. The van der Waals surface area contributed by atoms with Gasteiger partial charge in [-0.1, -0.05) is 187 Å². The fourth-order valence-corrected chi connectivity index (χ4v) is 6.62. The fourth-order valence-electron chi connectivity index (χ4n) is 6.62. The van der Waals surface area contributed by atoms with Crippen molar-refractivity contribution < 1.29 is 24.5 Å². The normalized spacial score (nSPS) is 12.8. The molecule has 6 heteroatoms. The molecule has 0 aliphatic rings. The van der Waals surface area contributed by atoms with E-state index in [1.54, 1.807) is 0 Å². The number of carbonyl (C=O) groups excluding carboxylic acids is 2. The zero-order valence-electron chi connectivity index (χ0n) is 33.4. The number of allylic oxidation sites excluding steroid dienone is 2. The molecule has 0 rings (SSSR count). The maximum Gasteiger partial charge on any atom is 0.305 e. The maximum atomic E-state index is 12.4. The molecule has 0 saturated heterocycles. The Labute approximate surface area is 310 Å². The Hall–Kier alpha value is -1.40. The van der Waals surface area contributed by atoms with Gasteiger partial charge in [-0.15, -0.1) is 0 Å². The van der Waals surface area contributed by atoms with Crippen LogP contribution in [0, 0.1) is 0 Å². The van der Waals surface area contributed by atoms with Gasteiger partial charge >= 0.3 is 5.97 Å². The van der Waals surface area contributed by atoms with Crippen molar-refractivity contribution in [2.75, 3.05) is 13.2 Å². The summed E-state index contributed by atoms with van der Waals surface area (Å²) in [6, 6.07) is -0.559. The largest absolute Gasteiger partial charge is 0.466 e. The lowest BCUT2D eigenvalue weighted by Crippen LogP contribution is -2.45. The summed E-state index contributed by atoms with van der Waals surface area (Å²) in [6.45, 7) is 4.83. The van der Waals surface area contributed by atoms with Crippen LogP contribution in [-0.4, -0.2) is 47.4 Å². The number of esters is 1. The number of hydrogen-bond donors (Lipinski definition) is 3. The molecule has 0 radical (unpaired) electrons. The highest BCUT2D eigenvalue weighted by molar-refractivity contribution is 5.76. The van der Waals surface area contributed by atoms with Gasteiger partial charge in [0.05, 0.1) is 25.4 Å². The van der Waals surface area contributed by atoms with E-state index < -0.39 is 12.1 Å². The van der Waals surface area contributed by atoms with Crippen LogP contribution in [-0.2, 0) is 14.3 Å². The van der Waals surface area contributed by atoms with Crippen LogP contribution in [0.5, 0.6) is 0 Å². The van der Waals surface area contributed by atoms with E-state index in [1.165, 1.54) is 141 Å². The van der Waals surface area contributed by atoms with Crippen LogP contribution in [0.1, 0.15) is 232 Å². The van der Waals surface area contributed by atoms with Crippen LogP contribution in [0.3, 0.4) is 0 Å². The lowest BCUT2D eigenvalue weighted by Gasteiger charge is -2.22. The summed E-state index contributed by atoms with van der Waals surface area (Å²) in [5, 5.41) is 23.1. The van der Waals surface area contributed by atoms with E-state index in [0.717, 1.165) is 57.8 Å². The standard InChI is InChI=1S/C44H85NO5/c1-3-5-7-9-11-13-15-16-18-20-24-28-32-36-42(47)41(40-46)45-43(48)37-33-29-25-21-19-23-27-31-35-39-50-44(49)38-34-30-26-22-17-14-12-10-8-6-4-2/h10,12,41-42,46-47H,3-9,11,13-40H2,1-2H3,(H,45,48)/b12-10-. The third-order valence-electron chi connectivity index (χ3n) is 10.1. The van der Waals surface area contributed by atoms with Crippen LogP contribution in [0.4, 0.5) is 0 Å². The summed E-state index contributed by atoms with van der Waals surface area (Å²) >= 11 is 0. The van der Waals surface area contributed by atoms with Gasteiger partial charge in [0.15, 0.2) is 0 Å². The molecule has 296 valence electrons. The van der Waals surface area contributed by atoms with E-state index in [0.29, 0.717) is 25.9 Å². The molecule has 1 amide bonds. The molecule has 0 aliphatic carbocycles. The van der Waals surface area contributed by atoms with E-state index in [2.05, 4.69) is 31.3 Å². The molecule has 0 aromatic heterocycles. The second-order valence-corrected chi connectivity index (χ2v) is 15.0. The first-order valence-electron chi connectivity index (χ1n) is 21.9. The molecule has 2 atom stereocenters. The number of ether oxygens (including phenoxy) is 1. The molecule has 0 fully saturated rings. The van der Waals surface area contributed by atoms with Gasteiger partial charge in [-0.05, 0) is 44.9 Å². The quantitative estimate of drug-likeness (QED) is 0.0335. The number of amides is 1. The smallest absolute Gasteiger partial charge is 0.305 e. The molecule has 0 saturated carbocycles. The summed E-state index contributed by atoms with van der Waals surface area (Å²) in [5.41, 5.74) is 0. The average molecular weight is 708 g/mol. The van der Waals surface area contributed by atoms with Crippen LogP contribution in [0.15, 0.2) is 12.2 Å². The third-order valence-corrected chi connectivity index (χ3v) is 10.1. The molecule has 0 bridgehead atoms. The molecule has 0 heterocycles. The van der Waals surface area contributed by atoms with Crippen LogP contribution >= 0.6 is 0 Å². The van der Waals surface area contributed by atoms with Crippen molar-refractivity contribution in [2.45, 2.75) is 244 Å². The van der Waals surface area contributed by atoms with Gasteiger partial charge in [0.25, 0.3) is 0 Å². The Balaban J connectivity index is 3.52. The zero-order chi connectivity index (χ0) is 36.6. The lowest BCUT2D eigenvalue weighted by atomic mass is 10.0. The minimum Gasteiger partial charge on any atom is -0.466 e. The van der Waals surface area contributed by atoms with E-state index in [1.807, 2.05) is 0 Å². The molecule has 50 heavy (non-hydrogen) atoms. The van der Waals surface area contributed by atoms with Crippen molar-refractivity contribution in [1.82, 2.24) is 5.32 Å². The number of unbranched alkanes of at least 4 members (excludes halogenated alkanes) is 27. The predicted molar refractivity (Wildman–Crippen MR) is 213 cm³/mol. The first-order chi connectivity index (χ1) is 24.5. The summed E-state index contributed by atoms with van der Waals surface area (Å²) in [7, 11) is 0. The van der Waals surface area contributed by atoms with Gasteiger partial charge in [-0.3, -0.25) is 9.59 Å². The van der Waals surface area contributed by atoms with Crippen molar-refractivity contribution in [3.05, 3.63) is 12.2 Å². The number of aliphatic hydroxyl groups excluding tert-OH is 2. The van der Waals surface area contributed by atoms with Crippen molar-refractivity contribution in [2.24, 2.45) is 0 Å². The monoisotopic (exact) mass is 708 g/mol. The van der Waals surface area contributed by atoms with Gasteiger partial charge in [0.1, 0.15) is 0 Å². The molecule has 2 unspecified atom stereocenters. The van der Waals surface area contributed by atoms with Crippen molar-refractivity contribution >= 4 is 11.9 Å². The van der Waals surface area contributed by atoms with Crippen LogP contribution in [0.2, 0.25) is 0 Å².